The first-order valence-corrected chi connectivity index (χ1v) is 8.60. The standard InChI is InChI=1S/C19H18N2S/c20-19(21-11-5-6-12-21)22-18-16-9-3-1-7-14(16)13-15-8-2-4-10-17(15)18/h1-4,7-10,13,20H,5-6,11-12H2/p+1. The Kier molecular flexibility index (Phi) is 3.51. The molecular formula is C19H19N2S+. The SMILES string of the molecule is NC(Sc1c2ccccc2cc2ccccc12)=[N+]1CCCC1. The first-order chi connectivity index (χ1) is 10.8. The molecule has 2 N–H and O–H groups in total. The second kappa shape index (κ2) is 5.65. The third-order valence-corrected chi connectivity index (χ3v) is 5.46. The zero-order valence-electron chi connectivity index (χ0n) is 12.5. The van der Waals surface area contributed by atoms with E-state index >= 15 is 0 Å². The highest BCUT2D eigenvalue weighted by Crippen LogP contribution is 2.35. The quantitative estimate of drug-likeness (QED) is 0.316. The van der Waals surface area contributed by atoms with E-state index in [-0.39, 0.29) is 0 Å². The van der Waals surface area contributed by atoms with Gasteiger partial charge < -0.3 is 0 Å². The van der Waals surface area contributed by atoms with Gasteiger partial charge in [-0.25, -0.2) is 0 Å². The van der Waals surface area contributed by atoms with Crippen LogP contribution in [-0.4, -0.2) is 22.8 Å². The Bertz CT molecular complexity index is 821. The number of nitrogens with two attached hydrogens (primary N) is 1. The molecule has 0 saturated carbocycles. The lowest BCUT2D eigenvalue weighted by Crippen LogP contribution is -2.23. The van der Waals surface area contributed by atoms with Crippen LogP contribution in [-0.2, 0) is 0 Å². The van der Waals surface area contributed by atoms with Gasteiger partial charge >= 0.3 is 5.17 Å². The van der Waals surface area contributed by atoms with Crippen LogP contribution in [0.4, 0.5) is 0 Å². The maximum Gasteiger partial charge on any atom is 0.309 e. The highest BCUT2D eigenvalue weighted by molar-refractivity contribution is 8.13. The first kappa shape index (κ1) is 13.6. The molecule has 2 nitrogen and oxygen atoms in total. The second-order valence-electron chi connectivity index (χ2n) is 5.78. The lowest BCUT2D eigenvalue weighted by atomic mass is 10.0. The summed E-state index contributed by atoms with van der Waals surface area (Å²) in [5.74, 6) is 0. The van der Waals surface area contributed by atoms with Crippen molar-refractivity contribution in [3.8, 4) is 0 Å². The molecule has 0 spiro atoms. The van der Waals surface area contributed by atoms with Crippen LogP contribution < -0.4 is 5.73 Å². The summed E-state index contributed by atoms with van der Waals surface area (Å²) in [6, 6.07) is 19.4. The zero-order chi connectivity index (χ0) is 14.9. The molecule has 0 aromatic heterocycles. The summed E-state index contributed by atoms with van der Waals surface area (Å²) in [5.41, 5.74) is 6.40. The summed E-state index contributed by atoms with van der Waals surface area (Å²) < 4.78 is 2.31. The molecule has 3 aromatic carbocycles. The minimum Gasteiger partial charge on any atom is -0.281 e. The lowest BCUT2D eigenvalue weighted by molar-refractivity contribution is -0.504. The zero-order valence-corrected chi connectivity index (χ0v) is 13.3. The van der Waals surface area contributed by atoms with Gasteiger partial charge in [0, 0.05) is 4.90 Å². The van der Waals surface area contributed by atoms with Crippen LogP contribution in [0.25, 0.3) is 21.5 Å². The molecule has 3 heteroatoms. The molecule has 0 bridgehead atoms. The van der Waals surface area contributed by atoms with Crippen molar-refractivity contribution in [3.05, 3.63) is 54.6 Å². The van der Waals surface area contributed by atoms with Crippen molar-refractivity contribution in [1.29, 1.82) is 0 Å². The number of amidine groups is 1. The summed E-state index contributed by atoms with van der Waals surface area (Å²) in [7, 11) is 0. The Morgan fingerprint density at radius 2 is 1.41 bits per heavy atom. The molecule has 4 rings (SSSR count). The van der Waals surface area contributed by atoms with Crippen molar-refractivity contribution >= 4 is 38.5 Å². The van der Waals surface area contributed by atoms with E-state index in [1.165, 1.54) is 39.3 Å². The first-order valence-electron chi connectivity index (χ1n) is 7.79. The van der Waals surface area contributed by atoms with E-state index in [1.807, 2.05) is 0 Å². The van der Waals surface area contributed by atoms with Crippen LogP contribution in [0.3, 0.4) is 0 Å². The Hall–Kier alpha value is -2.00. The predicted octanol–water partition coefficient (Wildman–Crippen LogP) is 4.21. The monoisotopic (exact) mass is 307 g/mol. The molecule has 1 aliphatic heterocycles. The van der Waals surface area contributed by atoms with Gasteiger partial charge in [-0.2, -0.15) is 0 Å². The van der Waals surface area contributed by atoms with Crippen LogP contribution in [0.2, 0.25) is 0 Å². The highest BCUT2D eigenvalue weighted by atomic mass is 32.2. The molecule has 1 saturated heterocycles. The summed E-state index contributed by atoms with van der Waals surface area (Å²) in [4.78, 5) is 1.28. The Morgan fingerprint density at radius 1 is 0.864 bits per heavy atom. The number of thioether (sulfide) groups is 1. The fraction of sp³-hybridized carbons (Fsp3) is 0.211. The van der Waals surface area contributed by atoms with Gasteiger partial charge in [-0.15, -0.1) is 0 Å². The van der Waals surface area contributed by atoms with Crippen molar-refractivity contribution in [2.24, 2.45) is 5.73 Å². The third kappa shape index (κ3) is 2.35. The molecule has 22 heavy (non-hydrogen) atoms. The van der Waals surface area contributed by atoms with Crippen molar-refractivity contribution in [1.82, 2.24) is 0 Å². The predicted molar refractivity (Wildman–Crippen MR) is 95.7 cm³/mol. The van der Waals surface area contributed by atoms with Crippen LogP contribution in [0.15, 0.2) is 59.5 Å². The van der Waals surface area contributed by atoms with Crippen molar-refractivity contribution < 1.29 is 4.58 Å². The summed E-state index contributed by atoms with van der Waals surface area (Å²) in [6.07, 6.45) is 2.50. The molecule has 0 amide bonds. The van der Waals surface area contributed by atoms with Crippen LogP contribution in [0, 0.1) is 0 Å². The fourth-order valence-electron chi connectivity index (χ4n) is 3.19. The molecule has 0 aliphatic carbocycles. The number of nitrogens with zero attached hydrogens (tertiary/aromatic N) is 1. The number of rotatable bonds is 1. The molecule has 1 fully saturated rings. The van der Waals surface area contributed by atoms with E-state index in [1.54, 1.807) is 11.8 Å². The molecule has 0 atom stereocenters. The van der Waals surface area contributed by atoms with Gasteiger partial charge in [0.15, 0.2) is 0 Å². The normalized spacial score (nSPS) is 14.8. The van der Waals surface area contributed by atoms with Crippen molar-refractivity contribution in [3.63, 3.8) is 0 Å². The van der Waals surface area contributed by atoms with Crippen LogP contribution in [0.5, 0.6) is 0 Å². The Labute approximate surface area is 134 Å². The van der Waals surface area contributed by atoms with Gasteiger partial charge in [0.05, 0.1) is 13.1 Å². The van der Waals surface area contributed by atoms with Gasteiger partial charge in [-0.05, 0) is 52.2 Å². The van der Waals surface area contributed by atoms with E-state index in [2.05, 4.69) is 59.2 Å². The largest absolute Gasteiger partial charge is 0.309 e. The average Bonchev–Trinajstić information content (AvgIpc) is 3.09. The van der Waals surface area contributed by atoms with Gasteiger partial charge in [0.2, 0.25) is 0 Å². The van der Waals surface area contributed by atoms with E-state index in [9.17, 15) is 0 Å². The molecule has 110 valence electrons. The smallest absolute Gasteiger partial charge is 0.281 e. The van der Waals surface area contributed by atoms with E-state index in [0.717, 1.165) is 18.3 Å². The van der Waals surface area contributed by atoms with Crippen molar-refractivity contribution in [2.75, 3.05) is 13.1 Å². The summed E-state index contributed by atoms with van der Waals surface area (Å²) in [6.45, 7) is 2.17. The van der Waals surface area contributed by atoms with E-state index in [0.29, 0.717) is 0 Å². The number of fused-ring (bicyclic) bond motifs is 2. The minimum atomic E-state index is 0.930. The molecule has 0 radical (unpaired) electrons. The number of hydrogen-bond acceptors (Lipinski definition) is 1. The molecule has 1 aliphatic rings. The highest BCUT2D eigenvalue weighted by Gasteiger charge is 2.18. The third-order valence-electron chi connectivity index (χ3n) is 4.35. The number of benzene rings is 3. The molecule has 3 aromatic rings. The maximum atomic E-state index is 6.40. The molecular weight excluding hydrogens is 288 g/mol. The maximum absolute atomic E-state index is 6.40. The van der Waals surface area contributed by atoms with Gasteiger partial charge in [0.25, 0.3) is 0 Å². The van der Waals surface area contributed by atoms with Crippen molar-refractivity contribution in [2.45, 2.75) is 17.7 Å². The van der Waals surface area contributed by atoms with Crippen LogP contribution in [0.1, 0.15) is 12.8 Å². The fourth-order valence-corrected chi connectivity index (χ4v) is 4.30. The second-order valence-corrected chi connectivity index (χ2v) is 6.81. The van der Waals surface area contributed by atoms with Gasteiger partial charge in [-0.1, -0.05) is 48.5 Å². The van der Waals surface area contributed by atoms with Gasteiger partial charge in [-0.3, -0.25) is 10.3 Å². The van der Waals surface area contributed by atoms with E-state index in [4.69, 9.17) is 5.73 Å². The Balaban J connectivity index is 1.94. The minimum absolute atomic E-state index is 0.930. The molecule has 0 unspecified atom stereocenters. The topological polar surface area (TPSA) is 29.0 Å². The van der Waals surface area contributed by atoms with Crippen LogP contribution >= 0.6 is 11.8 Å². The Morgan fingerprint density at radius 3 is 2.00 bits per heavy atom. The lowest BCUT2D eigenvalue weighted by Gasteiger charge is -2.10. The molecule has 1 heterocycles. The average molecular weight is 307 g/mol. The summed E-state index contributed by atoms with van der Waals surface area (Å²) >= 11 is 1.72. The number of hydrogen-bond donors (Lipinski definition) is 1. The van der Waals surface area contributed by atoms with E-state index < -0.39 is 0 Å². The summed E-state index contributed by atoms with van der Waals surface area (Å²) in [5, 5.41) is 6.05. The van der Waals surface area contributed by atoms with Gasteiger partial charge in [0.1, 0.15) is 0 Å².